The molecule has 1 heterocycles. The highest BCUT2D eigenvalue weighted by molar-refractivity contribution is 8.24. The van der Waals surface area contributed by atoms with Gasteiger partial charge in [0.2, 0.25) is 0 Å². The second-order valence-corrected chi connectivity index (χ2v) is 10.6. The Morgan fingerprint density at radius 3 is 2.21 bits per heavy atom. The van der Waals surface area contributed by atoms with Crippen LogP contribution in [0.5, 0.6) is 0 Å². The van der Waals surface area contributed by atoms with Gasteiger partial charge in [0.05, 0.1) is 10.6 Å². The van der Waals surface area contributed by atoms with E-state index in [1.807, 2.05) is 44.2 Å². The van der Waals surface area contributed by atoms with Crippen molar-refractivity contribution in [2.24, 2.45) is 11.3 Å². The molecule has 0 bridgehead atoms. The summed E-state index contributed by atoms with van der Waals surface area (Å²) in [5.41, 5.74) is 0.581. The van der Waals surface area contributed by atoms with Crippen molar-refractivity contribution in [2.75, 3.05) is 0 Å². The molecule has 7 heteroatoms. The number of imide groups is 1. The molecule has 0 aromatic heterocycles. The molecule has 28 heavy (non-hydrogen) atoms. The summed E-state index contributed by atoms with van der Waals surface area (Å²) in [4.78, 5) is 40.7. The molecule has 1 aromatic carbocycles. The van der Waals surface area contributed by atoms with Crippen LogP contribution >= 0.6 is 24.0 Å². The summed E-state index contributed by atoms with van der Waals surface area (Å²) in [5, 5.41) is 0.605. The van der Waals surface area contributed by atoms with E-state index in [9.17, 15) is 14.4 Å². The highest BCUT2D eigenvalue weighted by Crippen LogP contribution is 2.45. The van der Waals surface area contributed by atoms with Crippen molar-refractivity contribution in [3.63, 3.8) is 0 Å². The normalized spacial score (nSPS) is 16.2. The minimum Gasteiger partial charge on any atom is -0.330 e. The number of amides is 2. The number of thioether (sulfide) groups is 1. The molecule has 0 N–H and O–H groups in total. The summed E-state index contributed by atoms with van der Waals surface area (Å²) in [6, 6.07) is 9.85. The van der Waals surface area contributed by atoms with Gasteiger partial charge in [-0.15, -0.1) is 16.8 Å². The minimum atomic E-state index is -0.577. The third-order valence-electron chi connectivity index (χ3n) is 5.38. The van der Waals surface area contributed by atoms with Crippen LogP contribution in [-0.2, 0) is 19.2 Å². The van der Waals surface area contributed by atoms with Crippen LogP contribution in [0.2, 0.25) is 0 Å². The first-order valence-electron chi connectivity index (χ1n) is 9.29. The average molecular weight is 422 g/mol. The highest BCUT2D eigenvalue weighted by Gasteiger charge is 2.41. The highest BCUT2D eigenvalue weighted by atomic mass is 32.2. The third-order valence-corrected chi connectivity index (χ3v) is 7.17. The van der Waals surface area contributed by atoms with Crippen LogP contribution in [0.3, 0.4) is 0 Å². The number of hydroxylamine groups is 2. The molecule has 5 nitrogen and oxygen atoms in total. The first-order chi connectivity index (χ1) is 12.9. The van der Waals surface area contributed by atoms with E-state index in [0.29, 0.717) is 5.06 Å². The molecule has 1 unspecified atom stereocenters. The molecule has 1 fully saturated rings. The molecule has 1 saturated heterocycles. The lowest BCUT2D eigenvalue weighted by Crippen LogP contribution is -2.40. The van der Waals surface area contributed by atoms with Gasteiger partial charge in [-0.3, -0.25) is 9.59 Å². The second kappa shape index (κ2) is 8.74. The lowest BCUT2D eigenvalue weighted by atomic mass is 9.71. The van der Waals surface area contributed by atoms with Gasteiger partial charge in [-0.1, -0.05) is 77.2 Å². The van der Waals surface area contributed by atoms with Gasteiger partial charge in [0.25, 0.3) is 11.8 Å². The fourth-order valence-corrected chi connectivity index (χ4v) is 5.23. The van der Waals surface area contributed by atoms with Crippen molar-refractivity contribution in [1.29, 1.82) is 0 Å². The number of thiocarbonyl (C=S) groups is 1. The van der Waals surface area contributed by atoms with Crippen LogP contribution in [0.25, 0.3) is 0 Å². The molecular weight excluding hydrogens is 394 g/mol. The maximum Gasteiger partial charge on any atom is 0.333 e. The number of hydrogen-bond donors (Lipinski definition) is 0. The van der Waals surface area contributed by atoms with Crippen molar-refractivity contribution in [3.05, 3.63) is 35.9 Å². The summed E-state index contributed by atoms with van der Waals surface area (Å²) in [5.74, 6) is -1.42. The smallest absolute Gasteiger partial charge is 0.330 e. The molecule has 1 aromatic rings. The SMILES string of the molecule is CC(C(C)(C)CC(=O)ON1C(=O)CCC1=O)C(C)(C)SC(=S)c1ccccc1. The van der Waals surface area contributed by atoms with Crippen molar-refractivity contribution in [2.45, 2.75) is 58.6 Å². The van der Waals surface area contributed by atoms with Crippen molar-refractivity contribution in [3.8, 4) is 0 Å². The summed E-state index contributed by atoms with van der Waals surface area (Å²) in [7, 11) is 0. The Bertz CT molecular complexity index is 758. The van der Waals surface area contributed by atoms with Crippen molar-refractivity contribution in [1.82, 2.24) is 5.06 Å². The van der Waals surface area contributed by atoms with Crippen LogP contribution in [0.15, 0.2) is 30.3 Å². The van der Waals surface area contributed by atoms with Gasteiger partial charge >= 0.3 is 5.97 Å². The number of carbonyl (C=O) groups is 3. The largest absolute Gasteiger partial charge is 0.333 e. The maximum absolute atomic E-state index is 12.4. The monoisotopic (exact) mass is 421 g/mol. The fraction of sp³-hybridized carbons (Fsp3) is 0.524. The van der Waals surface area contributed by atoms with Crippen LogP contribution in [0.4, 0.5) is 0 Å². The fourth-order valence-electron chi connectivity index (χ4n) is 3.22. The van der Waals surface area contributed by atoms with E-state index in [1.165, 1.54) is 0 Å². The lowest BCUT2D eigenvalue weighted by Gasteiger charge is -2.41. The first kappa shape index (κ1) is 22.6. The predicted molar refractivity (Wildman–Crippen MR) is 115 cm³/mol. The first-order valence-corrected chi connectivity index (χ1v) is 10.5. The summed E-state index contributed by atoms with van der Waals surface area (Å²) >= 11 is 7.22. The number of rotatable bonds is 7. The van der Waals surface area contributed by atoms with Gasteiger partial charge in [0.1, 0.15) is 0 Å². The maximum atomic E-state index is 12.4. The van der Waals surface area contributed by atoms with Gasteiger partial charge < -0.3 is 4.84 Å². The Morgan fingerprint density at radius 1 is 1.14 bits per heavy atom. The number of nitrogens with zero attached hydrogens (tertiary/aromatic N) is 1. The molecular formula is C21H27NO4S2. The Balaban J connectivity index is 2.02. The van der Waals surface area contributed by atoms with E-state index < -0.39 is 23.2 Å². The second-order valence-electron chi connectivity index (χ2n) is 8.29. The average Bonchev–Trinajstić information content (AvgIpc) is 2.93. The molecule has 1 aliphatic heterocycles. The van der Waals surface area contributed by atoms with Crippen molar-refractivity contribution >= 4 is 46.0 Å². The number of carbonyl (C=O) groups excluding carboxylic acids is 3. The molecule has 0 saturated carbocycles. The summed E-state index contributed by atoms with van der Waals surface area (Å²) in [6.45, 7) is 10.3. The zero-order chi connectivity index (χ0) is 21.1. The number of hydrogen-bond acceptors (Lipinski definition) is 6. The predicted octanol–water partition coefficient (Wildman–Crippen LogP) is 4.53. The lowest BCUT2D eigenvalue weighted by molar-refractivity contribution is -0.199. The van der Waals surface area contributed by atoms with Crippen LogP contribution in [0, 0.1) is 11.3 Å². The summed E-state index contributed by atoms with van der Waals surface area (Å²) < 4.78 is 0.569. The van der Waals surface area contributed by atoms with Gasteiger partial charge in [-0.05, 0) is 16.9 Å². The molecule has 152 valence electrons. The Labute approximate surface area is 176 Å². The quantitative estimate of drug-likeness (QED) is 0.476. The third kappa shape index (κ3) is 5.41. The Kier molecular flexibility index (Phi) is 7.04. The van der Waals surface area contributed by atoms with Gasteiger partial charge in [0, 0.05) is 17.6 Å². The van der Waals surface area contributed by atoms with E-state index in [-0.39, 0.29) is 29.9 Å². The molecule has 2 amide bonds. The van der Waals surface area contributed by atoms with E-state index in [1.54, 1.807) is 11.8 Å². The van der Waals surface area contributed by atoms with E-state index >= 15 is 0 Å². The zero-order valence-corrected chi connectivity index (χ0v) is 18.6. The van der Waals surface area contributed by atoms with E-state index in [2.05, 4.69) is 20.8 Å². The van der Waals surface area contributed by atoms with Gasteiger partial charge in [-0.25, -0.2) is 4.79 Å². The van der Waals surface area contributed by atoms with Crippen molar-refractivity contribution < 1.29 is 19.2 Å². The molecule has 2 rings (SSSR count). The van der Waals surface area contributed by atoms with Gasteiger partial charge in [0.15, 0.2) is 0 Å². The Morgan fingerprint density at radius 2 is 1.68 bits per heavy atom. The molecule has 1 aliphatic rings. The standard InChI is InChI=1S/C21H27NO4S2/c1-14(21(4,5)28-19(27)15-9-7-6-8-10-15)20(2,3)13-18(25)26-22-16(23)11-12-17(22)24/h6-10,14H,11-13H2,1-5H3. The molecule has 0 spiro atoms. The zero-order valence-electron chi connectivity index (χ0n) is 17.0. The summed E-state index contributed by atoms with van der Waals surface area (Å²) in [6.07, 6.45) is 0.270. The minimum absolute atomic E-state index is 0.0872. The number of benzene rings is 1. The van der Waals surface area contributed by atoms with Crippen LogP contribution in [-0.4, -0.2) is 31.8 Å². The van der Waals surface area contributed by atoms with E-state index in [0.717, 1.165) is 9.76 Å². The molecule has 0 radical (unpaired) electrons. The topological polar surface area (TPSA) is 63.7 Å². The van der Waals surface area contributed by atoms with Crippen LogP contribution < -0.4 is 0 Å². The molecule has 0 aliphatic carbocycles. The van der Waals surface area contributed by atoms with Crippen LogP contribution in [0.1, 0.15) is 59.4 Å². The Hall–Kier alpha value is -1.73. The van der Waals surface area contributed by atoms with E-state index in [4.69, 9.17) is 17.1 Å². The van der Waals surface area contributed by atoms with Gasteiger partial charge in [-0.2, -0.15) is 0 Å². The molecule has 1 atom stereocenters.